The van der Waals surface area contributed by atoms with E-state index in [1.54, 1.807) is 17.0 Å². The Morgan fingerprint density at radius 1 is 0.864 bits per heavy atom. The van der Waals surface area contributed by atoms with Gasteiger partial charge in [0.15, 0.2) is 0 Å². The second-order valence-electron chi connectivity index (χ2n) is 16.3. The number of carbonyl (C=O) groups excluding carboxylic acids is 1. The number of carboxylic acid groups (broad SMARTS) is 1. The Morgan fingerprint density at radius 2 is 1.61 bits per heavy atom. The fourth-order valence-electron chi connectivity index (χ4n) is 9.26. The van der Waals surface area contributed by atoms with Crippen molar-refractivity contribution >= 4 is 22.9 Å². The average molecular weight is 800 g/mol. The maximum absolute atomic E-state index is 13.4. The number of fused-ring (bicyclic) bond motifs is 4. The average Bonchev–Trinajstić information content (AvgIpc) is 3.27. The summed E-state index contributed by atoms with van der Waals surface area (Å²) in [5.41, 5.74) is 4.17. The van der Waals surface area contributed by atoms with Crippen molar-refractivity contribution in [3.8, 4) is 11.5 Å². The van der Waals surface area contributed by atoms with Crippen LogP contribution in [0.15, 0.2) is 108 Å². The van der Waals surface area contributed by atoms with Crippen molar-refractivity contribution in [2.45, 2.75) is 50.3 Å². The number of pyridine rings is 1. The summed E-state index contributed by atoms with van der Waals surface area (Å²) in [6, 6.07) is 31.1. The summed E-state index contributed by atoms with van der Waals surface area (Å²) in [5, 5.41) is 35.5. The van der Waals surface area contributed by atoms with Crippen LogP contribution in [0.3, 0.4) is 0 Å². The van der Waals surface area contributed by atoms with E-state index in [0.29, 0.717) is 73.1 Å². The van der Waals surface area contributed by atoms with Crippen molar-refractivity contribution in [2.75, 3.05) is 52.4 Å². The Bertz CT molecular complexity index is 2280. The number of hydrogen-bond acceptors (Lipinski definition) is 8. The molecule has 0 spiro atoms. The number of aromatic hydroxyl groups is 1. The third-order valence-corrected chi connectivity index (χ3v) is 12.5. The number of piperidine rings is 4. The summed E-state index contributed by atoms with van der Waals surface area (Å²) in [7, 11) is 0. The predicted octanol–water partition coefficient (Wildman–Crippen LogP) is 6.19. The number of phenols is 1. The van der Waals surface area contributed by atoms with Crippen LogP contribution in [-0.2, 0) is 6.42 Å². The number of amides is 2. The number of nitrogens with one attached hydrogen (secondary N) is 2. The summed E-state index contributed by atoms with van der Waals surface area (Å²) < 4.78 is 6.38. The number of benzene rings is 4. The maximum Gasteiger partial charge on any atom is 0.408 e. The molecule has 4 aliphatic rings. The van der Waals surface area contributed by atoms with Crippen molar-refractivity contribution < 1.29 is 29.6 Å². The molecule has 9 rings (SSSR count). The Kier molecular flexibility index (Phi) is 12.3. The van der Waals surface area contributed by atoms with Crippen LogP contribution in [-0.4, -0.2) is 105 Å². The van der Waals surface area contributed by atoms with Gasteiger partial charge in [0.05, 0.1) is 30.3 Å². The number of aromatic amines is 1. The van der Waals surface area contributed by atoms with Crippen LogP contribution < -0.4 is 15.6 Å². The molecular weight excluding hydrogens is 747 g/mol. The normalized spacial score (nSPS) is 20.3. The lowest BCUT2D eigenvalue weighted by Gasteiger charge is -2.50. The van der Waals surface area contributed by atoms with E-state index in [0.717, 1.165) is 67.8 Å². The van der Waals surface area contributed by atoms with E-state index in [1.807, 2.05) is 83.8 Å². The maximum atomic E-state index is 13.4. The number of carbonyl (C=O) groups is 2. The standard InChI is InChI=1S/C47H53N5O7/c53-41-15-13-38(39-14-16-43(55)49-44(39)41)42(54)28-48-22-17-31-9-11-35(12-10-31)46(56)51-25-18-32(19-26-51)30-59-37-8-4-7-36(27-37)45(34-5-2-1-3-6-34)52(47(57)58)40-29-50-23-20-33(40)21-24-50/h1-16,27,32-33,40,42,45,48,53-54H,17-26,28-30H2,(H,49,55)(H,57,58)/t40-,42-,45-/m0/s1. The zero-order valence-corrected chi connectivity index (χ0v) is 33.2. The predicted molar refractivity (Wildman–Crippen MR) is 226 cm³/mol. The molecule has 308 valence electrons. The molecule has 4 fully saturated rings. The van der Waals surface area contributed by atoms with Crippen LogP contribution in [0.25, 0.3) is 10.9 Å². The molecule has 5 aromatic rings. The molecule has 0 unspecified atom stereocenters. The highest BCUT2D eigenvalue weighted by Gasteiger charge is 2.43. The van der Waals surface area contributed by atoms with Crippen LogP contribution in [0, 0.1) is 11.8 Å². The van der Waals surface area contributed by atoms with Gasteiger partial charge in [0, 0.05) is 43.2 Å². The van der Waals surface area contributed by atoms with Gasteiger partial charge >= 0.3 is 6.09 Å². The molecule has 2 bridgehead atoms. The van der Waals surface area contributed by atoms with E-state index < -0.39 is 18.2 Å². The van der Waals surface area contributed by atoms with Gasteiger partial charge in [-0.05, 0) is 122 Å². The van der Waals surface area contributed by atoms with E-state index in [2.05, 4.69) is 15.2 Å². The van der Waals surface area contributed by atoms with Gasteiger partial charge in [-0.25, -0.2) is 4.79 Å². The Hall–Kier alpha value is -5.69. The highest BCUT2D eigenvalue weighted by molar-refractivity contribution is 5.94. The molecule has 0 radical (unpaired) electrons. The van der Waals surface area contributed by atoms with Crippen LogP contribution in [0.5, 0.6) is 11.5 Å². The molecular formula is C47H53N5O7. The number of rotatable bonds is 14. The quantitative estimate of drug-likeness (QED) is 0.0826. The number of ether oxygens (including phenoxy) is 1. The molecule has 0 aliphatic carbocycles. The fraction of sp³-hybridized carbons (Fsp3) is 0.383. The topological polar surface area (TPSA) is 159 Å². The molecule has 0 saturated carbocycles. The summed E-state index contributed by atoms with van der Waals surface area (Å²) in [6.07, 6.45) is 2.70. The van der Waals surface area contributed by atoms with Gasteiger partial charge in [-0.3, -0.25) is 14.5 Å². The minimum Gasteiger partial charge on any atom is -0.506 e. The van der Waals surface area contributed by atoms with Gasteiger partial charge < -0.3 is 40.2 Å². The number of phenolic OH excluding ortho intramolecular Hbond substituents is 1. The van der Waals surface area contributed by atoms with E-state index in [1.165, 1.54) is 12.1 Å². The van der Waals surface area contributed by atoms with Gasteiger partial charge in [-0.15, -0.1) is 0 Å². The molecule has 4 aliphatic heterocycles. The van der Waals surface area contributed by atoms with E-state index >= 15 is 0 Å². The first-order chi connectivity index (χ1) is 28.7. The van der Waals surface area contributed by atoms with Crippen molar-refractivity contribution in [1.82, 2.24) is 25.0 Å². The summed E-state index contributed by atoms with van der Waals surface area (Å²) >= 11 is 0. The van der Waals surface area contributed by atoms with Gasteiger partial charge in [-0.2, -0.15) is 0 Å². The van der Waals surface area contributed by atoms with Crippen molar-refractivity contribution in [3.63, 3.8) is 0 Å². The number of aliphatic hydroxyl groups excluding tert-OH is 1. The third-order valence-electron chi connectivity index (χ3n) is 12.5. The monoisotopic (exact) mass is 799 g/mol. The first-order valence-corrected chi connectivity index (χ1v) is 20.8. The summed E-state index contributed by atoms with van der Waals surface area (Å²) in [5.74, 6) is 1.34. The number of aromatic nitrogens is 1. The van der Waals surface area contributed by atoms with Gasteiger partial charge in [-0.1, -0.05) is 60.7 Å². The van der Waals surface area contributed by atoms with E-state index in [4.69, 9.17) is 4.74 Å². The lowest BCUT2D eigenvalue weighted by molar-refractivity contribution is -0.000816. The lowest BCUT2D eigenvalue weighted by atomic mass is 9.81. The molecule has 12 heteroatoms. The zero-order chi connectivity index (χ0) is 40.9. The zero-order valence-electron chi connectivity index (χ0n) is 33.2. The van der Waals surface area contributed by atoms with Crippen LogP contribution in [0.1, 0.15) is 70.4 Å². The molecule has 4 aromatic carbocycles. The molecule has 1 aromatic heterocycles. The molecule has 3 atom stereocenters. The second kappa shape index (κ2) is 18.1. The number of aliphatic hydroxyl groups is 1. The molecule has 5 heterocycles. The van der Waals surface area contributed by atoms with Gasteiger partial charge in [0.25, 0.3) is 5.91 Å². The Labute approximate surface area is 344 Å². The second-order valence-corrected chi connectivity index (χ2v) is 16.3. The van der Waals surface area contributed by atoms with Crippen molar-refractivity contribution in [1.29, 1.82) is 0 Å². The van der Waals surface area contributed by atoms with Crippen molar-refractivity contribution in [3.05, 3.63) is 141 Å². The minimum absolute atomic E-state index is 0.0188. The van der Waals surface area contributed by atoms with Crippen LogP contribution >= 0.6 is 0 Å². The number of H-pyrrole nitrogens is 1. The summed E-state index contributed by atoms with van der Waals surface area (Å²) in [6.45, 7) is 5.58. The largest absolute Gasteiger partial charge is 0.506 e. The Balaban J connectivity index is 0.816. The third kappa shape index (κ3) is 9.15. The summed E-state index contributed by atoms with van der Waals surface area (Å²) in [4.78, 5) is 46.8. The highest BCUT2D eigenvalue weighted by atomic mass is 16.5. The van der Waals surface area contributed by atoms with Crippen LogP contribution in [0.4, 0.5) is 4.79 Å². The number of hydrogen-bond donors (Lipinski definition) is 5. The van der Waals surface area contributed by atoms with Crippen LogP contribution in [0.2, 0.25) is 0 Å². The first kappa shape index (κ1) is 40.1. The van der Waals surface area contributed by atoms with E-state index in [9.17, 15) is 29.7 Å². The molecule has 59 heavy (non-hydrogen) atoms. The molecule has 5 N–H and O–H groups in total. The number of nitrogens with zero attached hydrogens (tertiary/aromatic N) is 3. The van der Waals surface area contributed by atoms with E-state index in [-0.39, 0.29) is 23.3 Å². The highest BCUT2D eigenvalue weighted by Crippen LogP contribution is 2.39. The molecule has 12 nitrogen and oxygen atoms in total. The van der Waals surface area contributed by atoms with Gasteiger partial charge in [0.1, 0.15) is 11.5 Å². The lowest BCUT2D eigenvalue weighted by Crippen LogP contribution is -2.59. The molecule has 2 amide bonds. The minimum atomic E-state index is -0.898. The SMILES string of the molecule is O=C(c1ccc(CCNC[C@H](O)c2ccc(O)c3[nH]c(=O)ccc23)cc1)N1CCC(COc2cccc([C@H](c3ccccc3)N(C(=O)O)[C@H]3CN4CCC3CC4)c2)CC1. The number of likely N-dealkylation sites (tertiary alicyclic amines) is 1. The Morgan fingerprint density at radius 3 is 2.32 bits per heavy atom. The molecule has 4 saturated heterocycles. The fourth-order valence-corrected chi connectivity index (χ4v) is 9.26. The van der Waals surface area contributed by atoms with Gasteiger partial charge in [0.2, 0.25) is 5.56 Å². The smallest absolute Gasteiger partial charge is 0.408 e. The first-order valence-electron chi connectivity index (χ1n) is 20.8. The van der Waals surface area contributed by atoms with Crippen molar-refractivity contribution in [2.24, 2.45) is 11.8 Å².